The number of benzene rings is 2. The molecule has 1 amide bonds. The Morgan fingerprint density at radius 3 is 2.42 bits per heavy atom. The molecule has 0 spiro atoms. The number of morpholine rings is 1. The lowest BCUT2D eigenvalue weighted by Crippen LogP contribution is -2.40. The van der Waals surface area contributed by atoms with Gasteiger partial charge in [0, 0.05) is 53.3 Å². The first-order chi connectivity index (χ1) is 20.7. The largest absolute Gasteiger partial charge is 0.378 e. The number of carbonyl (C=O) groups excluding carboxylic acids is 2. The molecule has 1 aliphatic heterocycles. The summed E-state index contributed by atoms with van der Waals surface area (Å²) in [5.41, 5.74) is 7.33. The van der Waals surface area contributed by atoms with Crippen molar-refractivity contribution >= 4 is 34.1 Å². The molecule has 0 aliphatic carbocycles. The fourth-order valence-electron chi connectivity index (χ4n) is 5.31. The van der Waals surface area contributed by atoms with Gasteiger partial charge in [-0.2, -0.15) is 0 Å². The summed E-state index contributed by atoms with van der Waals surface area (Å²) < 4.78 is 5.37. The van der Waals surface area contributed by atoms with Crippen LogP contribution in [0.2, 0.25) is 0 Å². The smallest absolute Gasteiger partial charge is 0.254 e. The number of rotatable bonds is 7. The second-order valence-electron chi connectivity index (χ2n) is 12.0. The van der Waals surface area contributed by atoms with E-state index in [0.29, 0.717) is 44.7 Å². The predicted octanol–water partition coefficient (Wildman–Crippen LogP) is 6.64. The molecule has 2 aromatic carbocycles. The van der Waals surface area contributed by atoms with Crippen molar-refractivity contribution in [2.45, 2.75) is 46.0 Å². The number of aromatic nitrogens is 4. The molecule has 0 radical (unpaired) electrons. The number of Topliss-reactive ketones (excluding diaryl/α,β-unsaturated/α-hetero) is 1. The summed E-state index contributed by atoms with van der Waals surface area (Å²) in [6, 6.07) is 16.0. The number of aromatic amines is 1. The van der Waals surface area contributed by atoms with E-state index in [9.17, 15) is 9.59 Å². The number of amides is 1. The SMILES string of the molecule is Cc1cc(-c2ncnc3[nH]c(-c4ccc(C(=O)N5CCOCC5)cc4)cc23)ccc1CCC(=O)c1cnc(C(C)(C)C)s1. The van der Waals surface area contributed by atoms with Crippen molar-refractivity contribution in [3.63, 3.8) is 0 Å². The number of hydrogen-bond acceptors (Lipinski definition) is 7. The van der Waals surface area contributed by atoms with E-state index in [-0.39, 0.29) is 17.1 Å². The average Bonchev–Trinajstić information content (AvgIpc) is 3.69. The molecule has 220 valence electrons. The number of aryl methyl sites for hydroxylation is 2. The highest BCUT2D eigenvalue weighted by atomic mass is 32.1. The molecule has 1 saturated heterocycles. The van der Waals surface area contributed by atoms with Crippen molar-refractivity contribution < 1.29 is 14.3 Å². The van der Waals surface area contributed by atoms with Crippen LogP contribution in [0, 0.1) is 6.92 Å². The maximum absolute atomic E-state index is 12.9. The lowest BCUT2D eigenvalue weighted by molar-refractivity contribution is 0.0303. The normalized spacial score (nSPS) is 13.9. The highest BCUT2D eigenvalue weighted by molar-refractivity contribution is 7.13. The first-order valence-electron chi connectivity index (χ1n) is 14.6. The van der Waals surface area contributed by atoms with Crippen LogP contribution in [-0.4, -0.2) is 62.8 Å². The van der Waals surface area contributed by atoms with Crippen molar-refractivity contribution in [3.05, 3.63) is 87.6 Å². The summed E-state index contributed by atoms with van der Waals surface area (Å²) >= 11 is 1.50. The third kappa shape index (κ3) is 6.14. The lowest BCUT2D eigenvalue weighted by atomic mass is 9.98. The van der Waals surface area contributed by atoms with E-state index in [2.05, 4.69) is 71.9 Å². The highest BCUT2D eigenvalue weighted by Gasteiger charge is 2.21. The van der Waals surface area contributed by atoms with Crippen molar-refractivity contribution in [1.29, 1.82) is 0 Å². The summed E-state index contributed by atoms with van der Waals surface area (Å²) in [5, 5.41) is 1.91. The fraction of sp³-hybridized carbons (Fsp3) is 0.324. The van der Waals surface area contributed by atoms with Gasteiger partial charge in [-0.1, -0.05) is 45.0 Å². The van der Waals surface area contributed by atoms with E-state index < -0.39 is 0 Å². The van der Waals surface area contributed by atoms with Gasteiger partial charge in [-0.15, -0.1) is 11.3 Å². The van der Waals surface area contributed by atoms with Crippen LogP contribution in [-0.2, 0) is 16.6 Å². The van der Waals surface area contributed by atoms with Crippen molar-refractivity contribution in [3.8, 4) is 22.5 Å². The molecule has 0 atom stereocenters. The van der Waals surface area contributed by atoms with Gasteiger partial charge in [0.15, 0.2) is 5.78 Å². The second-order valence-corrected chi connectivity index (χ2v) is 13.0. The van der Waals surface area contributed by atoms with E-state index in [0.717, 1.165) is 54.6 Å². The van der Waals surface area contributed by atoms with E-state index in [1.165, 1.54) is 11.3 Å². The molecule has 43 heavy (non-hydrogen) atoms. The molecule has 1 aliphatic rings. The Balaban J connectivity index is 1.18. The van der Waals surface area contributed by atoms with Gasteiger partial charge >= 0.3 is 0 Å². The Bertz CT molecular complexity index is 1790. The maximum Gasteiger partial charge on any atom is 0.254 e. The van der Waals surface area contributed by atoms with Crippen LogP contribution in [0.4, 0.5) is 0 Å². The molecule has 0 bridgehead atoms. The van der Waals surface area contributed by atoms with Gasteiger partial charge in [0.2, 0.25) is 0 Å². The van der Waals surface area contributed by atoms with Gasteiger partial charge in [-0.05, 0) is 54.3 Å². The monoisotopic (exact) mass is 593 g/mol. The fourth-order valence-corrected chi connectivity index (χ4v) is 6.25. The maximum atomic E-state index is 12.9. The Kier molecular flexibility index (Phi) is 7.94. The summed E-state index contributed by atoms with van der Waals surface area (Å²) in [6.07, 6.45) is 4.41. The topological polar surface area (TPSA) is 101 Å². The highest BCUT2D eigenvalue weighted by Crippen LogP contribution is 2.32. The van der Waals surface area contributed by atoms with Crippen LogP contribution in [0.25, 0.3) is 33.5 Å². The number of nitrogens with one attached hydrogen (secondary N) is 1. The zero-order chi connectivity index (χ0) is 30.1. The zero-order valence-electron chi connectivity index (χ0n) is 24.9. The summed E-state index contributed by atoms with van der Waals surface area (Å²) in [4.78, 5) is 45.3. The van der Waals surface area contributed by atoms with Crippen LogP contribution in [0.3, 0.4) is 0 Å². The molecule has 1 fully saturated rings. The Morgan fingerprint density at radius 2 is 1.72 bits per heavy atom. The quantitative estimate of drug-likeness (QED) is 0.212. The number of ketones is 1. The Morgan fingerprint density at radius 1 is 0.977 bits per heavy atom. The molecule has 0 saturated carbocycles. The van der Waals surface area contributed by atoms with Crippen LogP contribution < -0.4 is 0 Å². The average molecular weight is 594 g/mol. The molecule has 4 heterocycles. The number of fused-ring (bicyclic) bond motifs is 1. The van der Waals surface area contributed by atoms with Gasteiger partial charge in [-0.25, -0.2) is 15.0 Å². The van der Waals surface area contributed by atoms with Gasteiger partial charge in [0.25, 0.3) is 5.91 Å². The van der Waals surface area contributed by atoms with Crippen molar-refractivity contribution in [2.75, 3.05) is 26.3 Å². The summed E-state index contributed by atoms with van der Waals surface area (Å²) in [7, 11) is 0. The summed E-state index contributed by atoms with van der Waals surface area (Å²) in [6.45, 7) is 10.8. The number of thiazole rings is 1. The number of hydrogen-bond donors (Lipinski definition) is 1. The first-order valence-corrected chi connectivity index (χ1v) is 15.4. The molecule has 8 nitrogen and oxygen atoms in total. The molecule has 3 aromatic heterocycles. The minimum Gasteiger partial charge on any atom is -0.378 e. The van der Waals surface area contributed by atoms with Crippen LogP contribution in [0.1, 0.15) is 63.4 Å². The molecule has 5 aromatic rings. The molecule has 9 heteroatoms. The number of H-pyrrole nitrogens is 1. The van der Waals surface area contributed by atoms with Gasteiger partial charge in [0.1, 0.15) is 12.0 Å². The first kappa shape index (κ1) is 28.9. The Labute approximate surface area is 255 Å². The van der Waals surface area contributed by atoms with Crippen LogP contribution in [0.5, 0.6) is 0 Å². The lowest BCUT2D eigenvalue weighted by Gasteiger charge is -2.26. The Hall–Kier alpha value is -4.21. The molecule has 0 unspecified atom stereocenters. The third-order valence-electron chi connectivity index (χ3n) is 7.83. The van der Waals surface area contributed by atoms with E-state index >= 15 is 0 Å². The van der Waals surface area contributed by atoms with Gasteiger partial charge in [-0.3, -0.25) is 9.59 Å². The van der Waals surface area contributed by atoms with Gasteiger partial charge in [0.05, 0.1) is 28.8 Å². The minimum absolute atomic E-state index is 0.0287. The predicted molar refractivity (Wildman–Crippen MR) is 170 cm³/mol. The molecule has 1 N–H and O–H groups in total. The molecular weight excluding hydrogens is 558 g/mol. The third-order valence-corrected chi connectivity index (χ3v) is 9.29. The van der Waals surface area contributed by atoms with E-state index in [1.54, 1.807) is 12.5 Å². The van der Waals surface area contributed by atoms with E-state index in [1.807, 2.05) is 29.2 Å². The van der Waals surface area contributed by atoms with E-state index in [4.69, 9.17) is 4.74 Å². The van der Waals surface area contributed by atoms with Gasteiger partial charge < -0.3 is 14.6 Å². The number of nitrogens with zero attached hydrogens (tertiary/aromatic N) is 4. The number of ether oxygens (including phenoxy) is 1. The standard InChI is InChI=1S/C34H35N5O3S/c1-21-17-25(10-5-22(21)11-12-28(40)29-19-35-33(43-29)34(2,3)4)30-26-18-27(38-31(26)37-20-36-30)23-6-8-24(9-7-23)32(41)39-13-15-42-16-14-39/h5-10,17-20H,11-16H2,1-4H3,(H,36,37,38). The zero-order valence-corrected chi connectivity index (χ0v) is 25.8. The van der Waals surface area contributed by atoms with Crippen molar-refractivity contribution in [1.82, 2.24) is 24.8 Å². The van der Waals surface area contributed by atoms with Crippen LogP contribution >= 0.6 is 11.3 Å². The molecule has 6 rings (SSSR count). The molecular formula is C34H35N5O3S. The second kappa shape index (κ2) is 11.8. The van der Waals surface area contributed by atoms with Crippen LogP contribution in [0.15, 0.2) is 61.1 Å². The minimum atomic E-state index is -0.0591. The van der Waals surface area contributed by atoms with Crippen molar-refractivity contribution in [2.24, 2.45) is 0 Å². The summed E-state index contributed by atoms with van der Waals surface area (Å²) in [5.74, 6) is 0.161. The number of carbonyl (C=O) groups is 2.